The van der Waals surface area contributed by atoms with Crippen LogP contribution in [0.25, 0.3) is 0 Å². The number of nitrogens with two attached hydrogens (primary N) is 1. The van der Waals surface area contributed by atoms with E-state index in [1.54, 1.807) is 10.4 Å². The molecule has 3 heteroatoms. The number of nitrogens with one attached hydrogen (secondary N) is 1. The summed E-state index contributed by atoms with van der Waals surface area (Å²) in [6, 6.07) is 2.84. The summed E-state index contributed by atoms with van der Waals surface area (Å²) >= 11 is 2.03. The van der Waals surface area contributed by atoms with Crippen LogP contribution in [0.3, 0.4) is 0 Å². The number of hydrazine groups is 1. The smallest absolute Gasteiger partial charge is 0.0581 e. The van der Waals surface area contributed by atoms with Gasteiger partial charge in [-0.15, -0.1) is 11.3 Å². The molecule has 1 heterocycles. The summed E-state index contributed by atoms with van der Waals surface area (Å²) in [5.74, 6) is 8.36. The molecule has 2 aliphatic carbocycles. The van der Waals surface area contributed by atoms with Crippen molar-refractivity contribution in [3.8, 4) is 0 Å². The van der Waals surface area contributed by atoms with Gasteiger partial charge in [0.2, 0.25) is 0 Å². The molecule has 1 aromatic rings. The van der Waals surface area contributed by atoms with Gasteiger partial charge in [-0.2, -0.15) is 0 Å². The van der Waals surface area contributed by atoms with Crippen LogP contribution in [0.4, 0.5) is 0 Å². The Labute approximate surface area is 133 Å². The Hall–Kier alpha value is -0.380. The molecule has 21 heavy (non-hydrogen) atoms. The molecule has 0 spiro atoms. The minimum absolute atomic E-state index is 0.368. The Morgan fingerprint density at radius 3 is 2.52 bits per heavy atom. The Kier molecular flexibility index (Phi) is 5.03. The first-order valence-electron chi connectivity index (χ1n) is 8.75. The molecule has 3 unspecified atom stereocenters. The third-order valence-electron chi connectivity index (χ3n) is 5.44. The Balaban J connectivity index is 1.79. The van der Waals surface area contributed by atoms with Crippen molar-refractivity contribution in [3.63, 3.8) is 0 Å². The first kappa shape index (κ1) is 15.5. The molecule has 3 rings (SSSR count). The third kappa shape index (κ3) is 3.52. The van der Waals surface area contributed by atoms with Crippen molar-refractivity contribution < 1.29 is 0 Å². The quantitative estimate of drug-likeness (QED) is 0.487. The Morgan fingerprint density at radius 1 is 1.10 bits per heavy atom. The molecule has 1 aromatic heterocycles. The highest BCUT2D eigenvalue weighted by atomic mass is 32.1. The first-order chi connectivity index (χ1) is 10.2. The SMILES string of the molecule is CC1CC(C)CC(C(NN)c2cc3c(s2)CCCCC3)C1. The van der Waals surface area contributed by atoms with Crippen molar-refractivity contribution in [1.29, 1.82) is 0 Å². The molecule has 0 amide bonds. The Bertz CT molecular complexity index is 434. The van der Waals surface area contributed by atoms with E-state index in [-0.39, 0.29) is 0 Å². The number of fused-ring (bicyclic) bond motifs is 1. The van der Waals surface area contributed by atoms with E-state index in [4.69, 9.17) is 5.84 Å². The topological polar surface area (TPSA) is 38.0 Å². The third-order valence-corrected chi connectivity index (χ3v) is 6.76. The maximum absolute atomic E-state index is 5.97. The highest BCUT2D eigenvalue weighted by Crippen LogP contribution is 2.42. The normalized spacial score (nSPS) is 31.5. The fraction of sp³-hybridized carbons (Fsp3) is 0.778. The molecule has 0 aromatic carbocycles. The zero-order valence-electron chi connectivity index (χ0n) is 13.5. The van der Waals surface area contributed by atoms with E-state index in [1.165, 1.54) is 56.2 Å². The van der Waals surface area contributed by atoms with E-state index >= 15 is 0 Å². The molecule has 0 bridgehead atoms. The number of hydrogen-bond donors (Lipinski definition) is 2. The summed E-state index contributed by atoms with van der Waals surface area (Å²) in [6.45, 7) is 4.81. The van der Waals surface area contributed by atoms with Crippen LogP contribution in [0.15, 0.2) is 6.07 Å². The molecule has 118 valence electrons. The van der Waals surface area contributed by atoms with Crippen molar-refractivity contribution >= 4 is 11.3 Å². The number of thiophene rings is 1. The van der Waals surface area contributed by atoms with E-state index in [0.717, 1.165) is 11.8 Å². The lowest BCUT2D eigenvalue weighted by Crippen LogP contribution is -2.36. The highest BCUT2D eigenvalue weighted by Gasteiger charge is 2.31. The summed E-state index contributed by atoms with van der Waals surface area (Å²) in [4.78, 5) is 3.13. The second-order valence-corrected chi connectivity index (χ2v) is 8.65. The summed E-state index contributed by atoms with van der Waals surface area (Å²) < 4.78 is 0. The van der Waals surface area contributed by atoms with Crippen LogP contribution < -0.4 is 11.3 Å². The molecule has 0 saturated heterocycles. The summed E-state index contributed by atoms with van der Waals surface area (Å²) in [7, 11) is 0. The zero-order chi connectivity index (χ0) is 14.8. The van der Waals surface area contributed by atoms with Gasteiger partial charge in [0, 0.05) is 9.75 Å². The van der Waals surface area contributed by atoms with Gasteiger partial charge in [-0.3, -0.25) is 11.3 Å². The molecule has 2 aliphatic rings. The summed E-state index contributed by atoms with van der Waals surface area (Å²) in [5.41, 5.74) is 4.78. The van der Waals surface area contributed by atoms with Gasteiger partial charge in [0.05, 0.1) is 6.04 Å². The number of hydrogen-bond acceptors (Lipinski definition) is 3. The van der Waals surface area contributed by atoms with Crippen molar-refractivity contribution in [2.45, 2.75) is 71.3 Å². The second-order valence-electron chi connectivity index (χ2n) is 7.48. The predicted octanol–water partition coefficient (Wildman–Crippen LogP) is 4.59. The lowest BCUT2D eigenvalue weighted by molar-refractivity contribution is 0.178. The molecule has 0 radical (unpaired) electrons. The minimum atomic E-state index is 0.368. The van der Waals surface area contributed by atoms with Crippen molar-refractivity contribution in [1.82, 2.24) is 5.43 Å². The second kappa shape index (κ2) is 6.80. The first-order valence-corrected chi connectivity index (χ1v) is 9.56. The lowest BCUT2D eigenvalue weighted by atomic mass is 9.73. The average molecular weight is 307 g/mol. The van der Waals surface area contributed by atoms with E-state index in [1.807, 2.05) is 11.3 Å². The number of aryl methyl sites for hydroxylation is 2. The Morgan fingerprint density at radius 2 is 1.81 bits per heavy atom. The largest absolute Gasteiger partial charge is 0.271 e. The van der Waals surface area contributed by atoms with E-state index in [9.17, 15) is 0 Å². The van der Waals surface area contributed by atoms with Gasteiger partial charge in [0.25, 0.3) is 0 Å². The van der Waals surface area contributed by atoms with Gasteiger partial charge >= 0.3 is 0 Å². The lowest BCUT2D eigenvalue weighted by Gasteiger charge is -2.35. The molecular weight excluding hydrogens is 276 g/mol. The van der Waals surface area contributed by atoms with Crippen molar-refractivity contribution in [2.24, 2.45) is 23.6 Å². The van der Waals surface area contributed by atoms with Gasteiger partial charge < -0.3 is 0 Å². The maximum atomic E-state index is 5.97. The van der Waals surface area contributed by atoms with E-state index < -0.39 is 0 Å². The molecule has 1 saturated carbocycles. The van der Waals surface area contributed by atoms with Gasteiger partial charge in [-0.1, -0.05) is 20.3 Å². The molecule has 1 fully saturated rings. The average Bonchev–Trinajstić information content (AvgIpc) is 2.69. The van der Waals surface area contributed by atoms with Crippen LogP contribution in [0.1, 0.15) is 73.7 Å². The standard InChI is InChI=1S/C18H30N2S/c1-12-8-13(2)10-15(9-12)18(20-19)17-11-14-6-4-3-5-7-16(14)21-17/h11-13,15,18,20H,3-10,19H2,1-2H3. The van der Waals surface area contributed by atoms with Crippen LogP contribution in [-0.4, -0.2) is 0 Å². The van der Waals surface area contributed by atoms with E-state index in [0.29, 0.717) is 12.0 Å². The van der Waals surface area contributed by atoms with Crippen LogP contribution >= 0.6 is 11.3 Å². The number of rotatable bonds is 3. The van der Waals surface area contributed by atoms with Crippen LogP contribution in [0.2, 0.25) is 0 Å². The molecule has 0 aliphatic heterocycles. The summed E-state index contributed by atoms with van der Waals surface area (Å²) in [5, 5.41) is 0. The van der Waals surface area contributed by atoms with Crippen LogP contribution in [0, 0.1) is 17.8 Å². The molecule has 3 atom stereocenters. The van der Waals surface area contributed by atoms with Gasteiger partial charge in [0.1, 0.15) is 0 Å². The summed E-state index contributed by atoms with van der Waals surface area (Å²) in [6.07, 6.45) is 10.7. The molecule has 2 nitrogen and oxygen atoms in total. The van der Waals surface area contributed by atoms with Crippen molar-refractivity contribution in [3.05, 3.63) is 21.4 Å². The van der Waals surface area contributed by atoms with E-state index in [2.05, 4.69) is 25.3 Å². The highest BCUT2D eigenvalue weighted by molar-refractivity contribution is 7.12. The minimum Gasteiger partial charge on any atom is -0.271 e. The van der Waals surface area contributed by atoms with Crippen LogP contribution in [0.5, 0.6) is 0 Å². The van der Waals surface area contributed by atoms with Crippen LogP contribution in [-0.2, 0) is 12.8 Å². The van der Waals surface area contributed by atoms with Gasteiger partial charge in [-0.05, 0) is 74.3 Å². The zero-order valence-corrected chi connectivity index (χ0v) is 14.3. The molecular formula is C18H30N2S. The monoisotopic (exact) mass is 306 g/mol. The van der Waals surface area contributed by atoms with Gasteiger partial charge in [-0.25, -0.2) is 0 Å². The predicted molar refractivity (Wildman–Crippen MR) is 91.3 cm³/mol. The maximum Gasteiger partial charge on any atom is 0.0581 e. The van der Waals surface area contributed by atoms with Crippen molar-refractivity contribution in [2.75, 3.05) is 0 Å². The molecule has 3 N–H and O–H groups in total. The fourth-order valence-electron chi connectivity index (χ4n) is 4.58. The van der Waals surface area contributed by atoms with Gasteiger partial charge in [0.15, 0.2) is 0 Å². The fourth-order valence-corrected chi connectivity index (χ4v) is 5.99.